The molecule has 0 saturated carbocycles. The van der Waals surface area contributed by atoms with E-state index in [0.717, 1.165) is 43.5 Å². The lowest BCUT2D eigenvalue weighted by Gasteiger charge is -2.35. The minimum atomic E-state index is 0. The smallest absolute Gasteiger partial charge is 0.191 e. The fraction of sp³-hybridized carbons (Fsp3) is 0.450. The predicted octanol–water partition coefficient (Wildman–Crippen LogP) is 3.85. The van der Waals surface area contributed by atoms with Gasteiger partial charge in [0.1, 0.15) is 11.5 Å². The molecule has 26 heavy (non-hydrogen) atoms. The largest absolute Gasteiger partial charge is 0.466 e. The molecule has 142 valence electrons. The highest BCUT2D eigenvalue weighted by Crippen LogP contribution is 2.19. The number of piperidine rings is 1. The molecule has 0 amide bonds. The lowest BCUT2D eigenvalue weighted by Crippen LogP contribution is -2.51. The molecule has 0 radical (unpaired) electrons. The average molecular weight is 468 g/mol. The molecule has 5 nitrogen and oxygen atoms in total. The Morgan fingerprint density at radius 1 is 1.27 bits per heavy atom. The van der Waals surface area contributed by atoms with Gasteiger partial charge in [0.2, 0.25) is 0 Å². The van der Waals surface area contributed by atoms with Crippen LogP contribution in [0, 0.1) is 13.8 Å². The van der Waals surface area contributed by atoms with Crippen molar-refractivity contribution in [1.82, 2.24) is 10.6 Å². The fourth-order valence-corrected chi connectivity index (χ4v) is 3.39. The van der Waals surface area contributed by atoms with Gasteiger partial charge in [0.05, 0.1) is 0 Å². The van der Waals surface area contributed by atoms with E-state index in [1.807, 2.05) is 20.9 Å². The van der Waals surface area contributed by atoms with E-state index >= 15 is 0 Å². The maximum Gasteiger partial charge on any atom is 0.191 e. The standard InChI is InChI=1S/C20H28N4O.HI/c1-15-12-17(16(2)25-15)13-22-20(21-3)23-18-8-7-11-24(14-18)19-9-5-4-6-10-19;/h4-6,9-10,12,18H,7-8,11,13-14H2,1-3H3,(H2,21,22,23);1H. The Morgan fingerprint density at radius 2 is 2.04 bits per heavy atom. The number of nitrogens with one attached hydrogen (secondary N) is 2. The van der Waals surface area contributed by atoms with E-state index in [2.05, 4.69) is 56.9 Å². The number of furan rings is 1. The van der Waals surface area contributed by atoms with E-state index in [4.69, 9.17) is 4.42 Å². The topological polar surface area (TPSA) is 52.8 Å². The molecule has 1 unspecified atom stereocenters. The Morgan fingerprint density at radius 3 is 2.69 bits per heavy atom. The van der Waals surface area contributed by atoms with Gasteiger partial charge in [-0.25, -0.2) is 0 Å². The van der Waals surface area contributed by atoms with Crippen molar-refractivity contribution >= 4 is 35.6 Å². The van der Waals surface area contributed by atoms with Crippen molar-refractivity contribution in [2.45, 2.75) is 39.3 Å². The van der Waals surface area contributed by atoms with Crippen LogP contribution in [0.5, 0.6) is 0 Å². The van der Waals surface area contributed by atoms with Crippen LogP contribution in [0.2, 0.25) is 0 Å². The molecule has 1 atom stereocenters. The Hall–Kier alpha value is -1.70. The monoisotopic (exact) mass is 468 g/mol. The van der Waals surface area contributed by atoms with E-state index in [0.29, 0.717) is 6.04 Å². The average Bonchev–Trinajstić information content (AvgIpc) is 2.97. The summed E-state index contributed by atoms with van der Waals surface area (Å²) in [7, 11) is 1.82. The van der Waals surface area contributed by atoms with Gasteiger partial charge in [0.25, 0.3) is 0 Å². The van der Waals surface area contributed by atoms with Gasteiger partial charge in [-0.2, -0.15) is 0 Å². The molecule has 2 heterocycles. The van der Waals surface area contributed by atoms with Crippen molar-refractivity contribution in [1.29, 1.82) is 0 Å². The first kappa shape index (κ1) is 20.6. The molecule has 0 spiro atoms. The number of para-hydroxylation sites is 1. The van der Waals surface area contributed by atoms with E-state index in [1.54, 1.807) is 0 Å². The molecule has 2 N–H and O–H groups in total. The zero-order chi connectivity index (χ0) is 17.6. The van der Waals surface area contributed by atoms with Gasteiger partial charge in [0.15, 0.2) is 5.96 Å². The number of benzene rings is 1. The lowest BCUT2D eigenvalue weighted by molar-refractivity contribution is 0.467. The van der Waals surface area contributed by atoms with E-state index in [1.165, 1.54) is 17.7 Å². The van der Waals surface area contributed by atoms with Gasteiger partial charge < -0.3 is 20.0 Å². The van der Waals surface area contributed by atoms with Crippen molar-refractivity contribution in [2.24, 2.45) is 4.99 Å². The molecular formula is C20H29IN4O. The number of aryl methyl sites for hydroxylation is 2. The summed E-state index contributed by atoms with van der Waals surface area (Å²) in [6.45, 7) is 6.80. The SMILES string of the molecule is CN=C(NCc1cc(C)oc1C)NC1CCCN(c2ccccc2)C1.I. The first-order valence-corrected chi connectivity index (χ1v) is 8.99. The second-order valence-corrected chi connectivity index (χ2v) is 6.63. The van der Waals surface area contributed by atoms with Gasteiger partial charge >= 0.3 is 0 Å². The number of hydrogen-bond donors (Lipinski definition) is 2. The lowest BCUT2D eigenvalue weighted by atomic mass is 10.1. The fourth-order valence-electron chi connectivity index (χ4n) is 3.39. The zero-order valence-corrected chi connectivity index (χ0v) is 18.1. The minimum absolute atomic E-state index is 0. The van der Waals surface area contributed by atoms with Gasteiger partial charge in [0, 0.05) is 44.0 Å². The summed E-state index contributed by atoms with van der Waals surface area (Å²) in [5.74, 6) is 2.76. The van der Waals surface area contributed by atoms with E-state index in [-0.39, 0.29) is 24.0 Å². The molecule has 1 aliphatic rings. The summed E-state index contributed by atoms with van der Waals surface area (Å²) in [6, 6.07) is 13.1. The minimum Gasteiger partial charge on any atom is -0.466 e. The van der Waals surface area contributed by atoms with Crippen LogP contribution in [0.25, 0.3) is 0 Å². The number of aliphatic imine (C=N–C) groups is 1. The Kier molecular flexibility index (Phi) is 7.81. The maximum absolute atomic E-state index is 5.59. The van der Waals surface area contributed by atoms with Gasteiger partial charge in [-0.3, -0.25) is 4.99 Å². The van der Waals surface area contributed by atoms with Crippen LogP contribution in [0.1, 0.15) is 29.9 Å². The third-order valence-electron chi connectivity index (χ3n) is 4.70. The van der Waals surface area contributed by atoms with Gasteiger partial charge in [-0.15, -0.1) is 24.0 Å². The zero-order valence-electron chi connectivity index (χ0n) is 15.8. The highest BCUT2D eigenvalue weighted by atomic mass is 127. The van der Waals surface area contributed by atoms with E-state index in [9.17, 15) is 0 Å². The Balaban J connectivity index is 0.00000243. The molecule has 1 aromatic carbocycles. The summed E-state index contributed by atoms with van der Waals surface area (Å²) >= 11 is 0. The van der Waals surface area contributed by atoms with Crippen LogP contribution < -0.4 is 15.5 Å². The number of nitrogens with zero attached hydrogens (tertiary/aromatic N) is 2. The normalized spacial score (nSPS) is 17.6. The summed E-state index contributed by atoms with van der Waals surface area (Å²) in [6.07, 6.45) is 2.34. The summed E-state index contributed by atoms with van der Waals surface area (Å²) in [5, 5.41) is 6.97. The molecule has 1 aliphatic heterocycles. The Bertz CT molecular complexity index is 714. The van der Waals surface area contributed by atoms with Crippen LogP contribution >= 0.6 is 24.0 Å². The quantitative estimate of drug-likeness (QED) is 0.407. The van der Waals surface area contributed by atoms with Crippen LogP contribution in [0.15, 0.2) is 45.8 Å². The number of anilines is 1. The number of rotatable bonds is 4. The number of halogens is 1. The highest BCUT2D eigenvalue weighted by Gasteiger charge is 2.21. The maximum atomic E-state index is 5.59. The molecule has 1 saturated heterocycles. The van der Waals surface area contributed by atoms with Crippen LogP contribution in [-0.2, 0) is 6.54 Å². The second-order valence-electron chi connectivity index (χ2n) is 6.63. The number of hydrogen-bond acceptors (Lipinski definition) is 3. The first-order chi connectivity index (χ1) is 12.2. The molecular weight excluding hydrogens is 439 g/mol. The third-order valence-corrected chi connectivity index (χ3v) is 4.70. The van der Waals surface area contributed by atoms with Crippen LogP contribution in [0.3, 0.4) is 0 Å². The molecule has 1 fully saturated rings. The molecule has 0 aliphatic carbocycles. The van der Waals surface area contributed by atoms with Gasteiger partial charge in [-0.05, 0) is 44.9 Å². The molecule has 1 aromatic heterocycles. The van der Waals surface area contributed by atoms with Gasteiger partial charge in [-0.1, -0.05) is 18.2 Å². The number of guanidine groups is 1. The second kappa shape index (κ2) is 9.85. The first-order valence-electron chi connectivity index (χ1n) is 8.99. The third kappa shape index (κ3) is 5.40. The van der Waals surface area contributed by atoms with Crippen molar-refractivity contribution < 1.29 is 4.42 Å². The molecule has 6 heteroatoms. The van der Waals surface area contributed by atoms with E-state index < -0.39 is 0 Å². The Labute approximate surface area is 173 Å². The van der Waals surface area contributed by atoms with Crippen molar-refractivity contribution in [3.05, 3.63) is 53.5 Å². The molecule has 3 rings (SSSR count). The van der Waals surface area contributed by atoms with Crippen LogP contribution in [0.4, 0.5) is 5.69 Å². The van der Waals surface area contributed by atoms with Crippen molar-refractivity contribution in [3.63, 3.8) is 0 Å². The van der Waals surface area contributed by atoms with Crippen molar-refractivity contribution in [3.8, 4) is 0 Å². The van der Waals surface area contributed by atoms with Crippen molar-refractivity contribution in [2.75, 3.05) is 25.0 Å². The van der Waals surface area contributed by atoms with Crippen LogP contribution in [-0.4, -0.2) is 32.1 Å². The summed E-state index contributed by atoms with van der Waals surface area (Å²) in [5.41, 5.74) is 2.47. The highest BCUT2D eigenvalue weighted by molar-refractivity contribution is 14.0. The predicted molar refractivity (Wildman–Crippen MR) is 119 cm³/mol. The molecule has 0 bridgehead atoms. The molecule has 2 aromatic rings. The summed E-state index contributed by atoms with van der Waals surface area (Å²) in [4.78, 5) is 6.82. The summed E-state index contributed by atoms with van der Waals surface area (Å²) < 4.78 is 5.59.